The third kappa shape index (κ3) is 15.9. The number of nitrogens with zero attached hydrogens (tertiary/aromatic N) is 1. The van der Waals surface area contributed by atoms with E-state index >= 15 is 0 Å². The van der Waals surface area contributed by atoms with Crippen molar-refractivity contribution in [3.05, 3.63) is 0 Å². The summed E-state index contributed by atoms with van der Waals surface area (Å²) in [5.74, 6) is 0.110. The van der Waals surface area contributed by atoms with Gasteiger partial charge in [-0.25, -0.2) is 9.59 Å². The Labute approximate surface area is 163 Å². The molecule has 0 aromatic rings. The van der Waals surface area contributed by atoms with Crippen LogP contribution in [0.25, 0.3) is 0 Å². The van der Waals surface area contributed by atoms with Crippen LogP contribution in [-0.2, 0) is 9.53 Å². The predicted octanol–water partition coefficient (Wildman–Crippen LogP) is 3.36. The lowest BCUT2D eigenvalue weighted by molar-refractivity contribution is -0.131. The highest BCUT2D eigenvalue weighted by Crippen LogP contribution is 2.07. The molecule has 0 aromatic carbocycles. The van der Waals surface area contributed by atoms with E-state index in [1.807, 2.05) is 20.8 Å². The summed E-state index contributed by atoms with van der Waals surface area (Å²) >= 11 is 0. The molecule has 0 unspecified atom stereocenters. The zero-order valence-corrected chi connectivity index (χ0v) is 17.3. The summed E-state index contributed by atoms with van der Waals surface area (Å²) in [6.45, 7) is 9.49. The van der Waals surface area contributed by atoms with E-state index in [4.69, 9.17) is 9.84 Å². The third-order valence-electron chi connectivity index (χ3n) is 3.75. The number of amides is 3. The second kappa shape index (κ2) is 14.1. The van der Waals surface area contributed by atoms with E-state index in [-0.39, 0.29) is 5.91 Å². The average molecular weight is 388 g/mol. The molecule has 158 valence electrons. The van der Waals surface area contributed by atoms with Crippen molar-refractivity contribution < 1.29 is 24.2 Å². The van der Waals surface area contributed by atoms with Gasteiger partial charge in [0.2, 0.25) is 5.91 Å². The minimum atomic E-state index is -1.05. The summed E-state index contributed by atoms with van der Waals surface area (Å²) in [5, 5.41) is 13.6. The number of carbonyl (C=O) groups excluding carboxylic acids is 2. The van der Waals surface area contributed by atoms with E-state index in [1.165, 1.54) is 0 Å². The number of ether oxygens (including phenoxy) is 1. The number of hydrogen-bond donors (Lipinski definition) is 3. The van der Waals surface area contributed by atoms with Crippen LogP contribution in [0.4, 0.5) is 9.59 Å². The lowest BCUT2D eigenvalue weighted by Gasteiger charge is -2.23. The van der Waals surface area contributed by atoms with E-state index in [0.717, 1.165) is 32.1 Å². The smallest absolute Gasteiger partial charge is 0.407 e. The van der Waals surface area contributed by atoms with Crippen LogP contribution in [0.15, 0.2) is 0 Å². The highest BCUT2D eigenvalue weighted by Gasteiger charge is 2.16. The first kappa shape index (κ1) is 25.0. The summed E-state index contributed by atoms with van der Waals surface area (Å²) in [4.78, 5) is 36.3. The van der Waals surface area contributed by atoms with Gasteiger partial charge in [0.25, 0.3) is 0 Å². The molecule has 0 saturated carbocycles. The zero-order chi connectivity index (χ0) is 20.7. The summed E-state index contributed by atoms with van der Waals surface area (Å²) in [7, 11) is 0. The van der Waals surface area contributed by atoms with Crippen molar-refractivity contribution in [2.24, 2.45) is 0 Å². The van der Waals surface area contributed by atoms with Crippen LogP contribution in [0.2, 0.25) is 0 Å². The molecular formula is C19H37N3O5. The molecule has 8 heteroatoms. The Hall–Kier alpha value is -1.99. The van der Waals surface area contributed by atoms with Gasteiger partial charge in [0, 0.05) is 32.6 Å². The molecule has 0 aliphatic heterocycles. The van der Waals surface area contributed by atoms with Crippen LogP contribution >= 0.6 is 0 Å². The Balaban J connectivity index is 4.19. The average Bonchev–Trinajstić information content (AvgIpc) is 2.54. The second-order valence-corrected chi connectivity index (χ2v) is 7.56. The molecule has 0 aliphatic carbocycles. The standard InChI is InChI=1S/C19H37N3O5/c1-5-6-7-11-16(23)22(15-10-13-20-17(24)25)14-9-8-12-21-18(26)27-19(2,3)4/h20H,5-15H2,1-4H3,(H,21,26)(H,24,25). The van der Waals surface area contributed by atoms with Crippen LogP contribution in [-0.4, -0.2) is 59.9 Å². The minimum absolute atomic E-state index is 0.110. The number of carbonyl (C=O) groups is 3. The van der Waals surface area contributed by atoms with Gasteiger partial charge in [0.15, 0.2) is 0 Å². The monoisotopic (exact) mass is 387 g/mol. The Bertz CT molecular complexity index is 449. The Morgan fingerprint density at radius 2 is 1.56 bits per heavy atom. The normalized spacial score (nSPS) is 11.0. The van der Waals surface area contributed by atoms with Crippen molar-refractivity contribution in [1.29, 1.82) is 0 Å². The molecule has 0 rings (SSSR count). The first-order valence-corrected chi connectivity index (χ1v) is 9.87. The maximum atomic E-state index is 12.4. The van der Waals surface area contributed by atoms with Gasteiger partial charge >= 0.3 is 12.2 Å². The van der Waals surface area contributed by atoms with Crippen LogP contribution < -0.4 is 10.6 Å². The van der Waals surface area contributed by atoms with Crippen molar-refractivity contribution in [2.45, 2.75) is 78.2 Å². The van der Waals surface area contributed by atoms with Crippen LogP contribution in [0.5, 0.6) is 0 Å². The molecule has 8 nitrogen and oxygen atoms in total. The fourth-order valence-electron chi connectivity index (χ4n) is 2.44. The summed E-state index contributed by atoms with van der Waals surface area (Å²) in [6.07, 6.45) is 4.09. The highest BCUT2D eigenvalue weighted by atomic mass is 16.6. The molecular weight excluding hydrogens is 350 g/mol. The van der Waals surface area contributed by atoms with Gasteiger partial charge in [0.05, 0.1) is 0 Å². The quantitative estimate of drug-likeness (QED) is 0.420. The van der Waals surface area contributed by atoms with E-state index in [1.54, 1.807) is 4.90 Å². The largest absolute Gasteiger partial charge is 0.465 e. The van der Waals surface area contributed by atoms with E-state index in [2.05, 4.69) is 17.6 Å². The Morgan fingerprint density at radius 3 is 2.15 bits per heavy atom. The fraction of sp³-hybridized carbons (Fsp3) is 0.842. The Morgan fingerprint density at radius 1 is 0.926 bits per heavy atom. The van der Waals surface area contributed by atoms with E-state index in [0.29, 0.717) is 39.0 Å². The van der Waals surface area contributed by atoms with Gasteiger partial charge < -0.3 is 25.4 Å². The first-order chi connectivity index (χ1) is 12.7. The molecule has 3 amide bonds. The number of hydrogen-bond acceptors (Lipinski definition) is 4. The van der Waals surface area contributed by atoms with E-state index < -0.39 is 17.8 Å². The van der Waals surface area contributed by atoms with Crippen molar-refractivity contribution in [3.63, 3.8) is 0 Å². The minimum Gasteiger partial charge on any atom is -0.465 e. The summed E-state index contributed by atoms with van der Waals surface area (Å²) < 4.78 is 5.17. The highest BCUT2D eigenvalue weighted by molar-refractivity contribution is 5.76. The summed E-state index contributed by atoms with van der Waals surface area (Å²) in [6, 6.07) is 0. The SMILES string of the molecule is CCCCCC(=O)N(CCCCNC(=O)OC(C)(C)C)CCCNC(=O)O. The maximum absolute atomic E-state index is 12.4. The molecule has 0 atom stereocenters. The van der Waals surface area contributed by atoms with Gasteiger partial charge in [-0.1, -0.05) is 19.8 Å². The molecule has 3 N–H and O–H groups in total. The van der Waals surface area contributed by atoms with Gasteiger partial charge in [-0.05, 0) is 46.5 Å². The lowest BCUT2D eigenvalue weighted by atomic mass is 10.1. The molecule has 0 radical (unpaired) electrons. The fourth-order valence-corrected chi connectivity index (χ4v) is 2.44. The lowest BCUT2D eigenvalue weighted by Crippen LogP contribution is -2.36. The molecule has 0 heterocycles. The predicted molar refractivity (Wildman–Crippen MR) is 105 cm³/mol. The topological polar surface area (TPSA) is 108 Å². The number of alkyl carbamates (subject to hydrolysis) is 1. The van der Waals surface area contributed by atoms with Crippen LogP contribution in [0, 0.1) is 0 Å². The molecule has 0 bridgehead atoms. The van der Waals surface area contributed by atoms with Gasteiger partial charge in [0.1, 0.15) is 5.60 Å². The van der Waals surface area contributed by atoms with Crippen molar-refractivity contribution >= 4 is 18.1 Å². The molecule has 0 aliphatic rings. The van der Waals surface area contributed by atoms with Gasteiger partial charge in [-0.3, -0.25) is 4.79 Å². The van der Waals surface area contributed by atoms with E-state index in [9.17, 15) is 14.4 Å². The number of nitrogens with one attached hydrogen (secondary N) is 2. The number of rotatable bonds is 13. The van der Waals surface area contributed by atoms with Crippen molar-refractivity contribution in [3.8, 4) is 0 Å². The molecule has 0 aromatic heterocycles. The van der Waals surface area contributed by atoms with Crippen LogP contribution in [0.3, 0.4) is 0 Å². The van der Waals surface area contributed by atoms with Crippen molar-refractivity contribution in [2.75, 3.05) is 26.2 Å². The molecule has 0 spiro atoms. The molecule has 0 saturated heterocycles. The maximum Gasteiger partial charge on any atom is 0.407 e. The van der Waals surface area contributed by atoms with Gasteiger partial charge in [-0.15, -0.1) is 0 Å². The zero-order valence-electron chi connectivity index (χ0n) is 17.3. The number of carboxylic acid groups (broad SMARTS) is 1. The first-order valence-electron chi connectivity index (χ1n) is 9.87. The number of unbranched alkanes of at least 4 members (excludes halogenated alkanes) is 3. The second-order valence-electron chi connectivity index (χ2n) is 7.56. The van der Waals surface area contributed by atoms with Crippen LogP contribution in [0.1, 0.15) is 72.6 Å². The Kier molecular flexibility index (Phi) is 13.1. The van der Waals surface area contributed by atoms with Gasteiger partial charge in [-0.2, -0.15) is 0 Å². The third-order valence-corrected chi connectivity index (χ3v) is 3.75. The molecule has 27 heavy (non-hydrogen) atoms. The summed E-state index contributed by atoms with van der Waals surface area (Å²) in [5.41, 5.74) is -0.518. The van der Waals surface area contributed by atoms with Crippen molar-refractivity contribution in [1.82, 2.24) is 15.5 Å². The molecule has 0 fully saturated rings.